The van der Waals surface area contributed by atoms with Crippen molar-refractivity contribution >= 4 is 28.9 Å². The summed E-state index contributed by atoms with van der Waals surface area (Å²) in [6, 6.07) is 12.6. The van der Waals surface area contributed by atoms with Crippen LogP contribution in [0.15, 0.2) is 47.6 Å². The van der Waals surface area contributed by atoms with Gasteiger partial charge in [-0.15, -0.1) is 0 Å². The van der Waals surface area contributed by atoms with E-state index in [-0.39, 0.29) is 12.5 Å². The van der Waals surface area contributed by atoms with E-state index >= 15 is 0 Å². The number of halogens is 1. The van der Waals surface area contributed by atoms with Crippen molar-refractivity contribution in [2.24, 2.45) is 5.10 Å². The van der Waals surface area contributed by atoms with Crippen molar-refractivity contribution in [3.8, 4) is 11.5 Å². The number of nitrogens with one attached hydrogen (secondary N) is 2. The summed E-state index contributed by atoms with van der Waals surface area (Å²) in [4.78, 5) is 12.0. The Morgan fingerprint density at radius 1 is 1.12 bits per heavy atom. The van der Waals surface area contributed by atoms with E-state index < -0.39 is 0 Å². The number of anilines is 1. The molecule has 0 unspecified atom stereocenters. The fourth-order valence-electron chi connectivity index (χ4n) is 2.18. The van der Waals surface area contributed by atoms with Gasteiger partial charge in [-0.25, -0.2) is 5.43 Å². The smallest absolute Gasteiger partial charge is 0.259 e. The third kappa shape index (κ3) is 5.12. The molecule has 1 amide bonds. The Morgan fingerprint density at radius 2 is 1.84 bits per heavy atom. The molecule has 0 spiro atoms. The number of hydrogen-bond acceptors (Lipinski definition) is 5. The lowest BCUT2D eigenvalue weighted by atomic mass is 10.1. The molecule has 0 aliphatic carbocycles. The van der Waals surface area contributed by atoms with Crippen molar-refractivity contribution in [2.75, 3.05) is 26.1 Å². The number of benzene rings is 2. The summed E-state index contributed by atoms with van der Waals surface area (Å²) in [5.74, 6) is 1.01. The standard InChI is InChI=1S/C18H20ClN3O3/c1-12(14-10-13(19)8-9-16(14)24-2)21-22-18(23)11-20-15-6-4-5-7-17(15)25-3/h4-10,20H,11H2,1-3H3,(H,22,23)/b21-12-. The molecule has 0 atom stereocenters. The van der Waals surface area contributed by atoms with Gasteiger partial charge in [-0.3, -0.25) is 4.79 Å². The zero-order chi connectivity index (χ0) is 18.2. The molecular weight excluding hydrogens is 342 g/mol. The quantitative estimate of drug-likeness (QED) is 0.586. The average Bonchev–Trinajstić information content (AvgIpc) is 2.64. The first-order chi connectivity index (χ1) is 12.0. The number of carbonyl (C=O) groups excluding carboxylic acids is 1. The lowest BCUT2D eigenvalue weighted by Gasteiger charge is -2.11. The van der Waals surface area contributed by atoms with Crippen LogP contribution >= 0.6 is 11.6 Å². The van der Waals surface area contributed by atoms with Crippen LogP contribution in [0.2, 0.25) is 5.02 Å². The minimum absolute atomic E-state index is 0.0594. The Bertz CT molecular complexity index is 778. The van der Waals surface area contributed by atoms with E-state index in [0.29, 0.717) is 27.8 Å². The van der Waals surface area contributed by atoms with Gasteiger partial charge in [0.25, 0.3) is 5.91 Å². The van der Waals surface area contributed by atoms with Crippen molar-refractivity contribution in [3.05, 3.63) is 53.1 Å². The first kappa shape index (κ1) is 18.6. The van der Waals surface area contributed by atoms with Crippen LogP contribution in [0, 0.1) is 0 Å². The topological polar surface area (TPSA) is 72.0 Å². The minimum Gasteiger partial charge on any atom is -0.496 e. The van der Waals surface area contributed by atoms with Crippen LogP contribution in [0.1, 0.15) is 12.5 Å². The second kappa shape index (κ2) is 8.94. The molecule has 0 saturated heterocycles. The lowest BCUT2D eigenvalue weighted by Crippen LogP contribution is -2.27. The molecule has 2 rings (SSSR count). The second-order valence-corrected chi connectivity index (χ2v) is 5.57. The average molecular weight is 362 g/mol. The number of hydrogen-bond donors (Lipinski definition) is 2. The zero-order valence-electron chi connectivity index (χ0n) is 14.3. The van der Waals surface area contributed by atoms with Gasteiger partial charge in [-0.1, -0.05) is 23.7 Å². The summed E-state index contributed by atoms with van der Waals surface area (Å²) >= 11 is 6.01. The summed E-state index contributed by atoms with van der Waals surface area (Å²) in [6.07, 6.45) is 0. The third-order valence-corrected chi connectivity index (χ3v) is 3.68. The highest BCUT2D eigenvalue weighted by Gasteiger charge is 2.09. The monoisotopic (exact) mass is 361 g/mol. The summed E-state index contributed by atoms with van der Waals surface area (Å²) in [5.41, 5.74) is 4.54. The Balaban J connectivity index is 1.99. The maximum Gasteiger partial charge on any atom is 0.259 e. The first-order valence-corrected chi connectivity index (χ1v) is 7.97. The van der Waals surface area contributed by atoms with Gasteiger partial charge in [0.1, 0.15) is 11.5 Å². The molecule has 0 aromatic heterocycles. The SMILES string of the molecule is COc1ccccc1NCC(=O)N/N=C(/C)c1cc(Cl)ccc1OC. The third-order valence-electron chi connectivity index (χ3n) is 3.45. The van der Waals surface area contributed by atoms with Crippen LogP contribution in [0.5, 0.6) is 11.5 Å². The molecule has 0 heterocycles. The highest BCUT2D eigenvalue weighted by atomic mass is 35.5. The van der Waals surface area contributed by atoms with Crippen molar-refractivity contribution < 1.29 is 14.3 Å². The minimum atomic E-state index is -0.286. The van der Waals surface area contributed by atoms with Gasteiger partial charge in [-0.05, 0) is 37.3 Å². The van der Waals surface area contributed by atoms with E-state index in [1.165, 1.54) is 0 Å². The number of ether oxygens (including phenoxy) is 2. The number of methoxy groups -OCH3 is 2. The Morgan fingerprint density at radius 3 is 2.56 bits per heavy atom. The van der Waals surface area contributed by atoms with Gasteiger partial charge in [0.2, 0.25) is 0 Å². The molecule has 2 aromatic rings. The van der Waals surface area contributed by atoms with Crippen molar-refractivity contribution in [3.63, 3.8) is 0 Å². The highest BCUT2D eigenvalue weighted by Crippen LogP contribution is 2.23. The highest BCUT2D eigenvalue weighted by molar-refractivity contribution is 6.31. The largest absolute Gasteiger partial charge is 0.496 e. The van der Waals surface area contributed by atoms with Crippen LogP contribution in [-0.2, 0) is 4.79 Å². The van der Waals surface area contributed by atoms with Gasteiger partial charge in [-0.2, -0.15) is 5.10 Å². The number of hydrazone groups is 1. The van der Waals surface area contributed by atoms with E-state index in [0.717, 1.165) is 5.69 Å². The molecule has 0 fully saturated rings. The van der Waals surface area contributed by atoms with E-state index in [4.69, 9.17) is 21.1 Å². The van der Waals surface area contributed by atoms with Gasteiger partial charge in [0, 0.05) is 10.6 Å². The van der Waals surface area contributed by atoms with Crippen molar-refractivity contribution in [2.45, 2.75) is 6.92 Å². The molecule has 2 aromatic carbocycles. The van der Waals surface area contributed by atoms with Crippen LogP contribution in [0.3, 0.4) is 0 Å². The van der Waals surface area contributed by atoms with E-state index in [2.05, 4.69) is 15.8 Å². The molecule has 6 nitrogen and oxygen atoms in total. The van der Waals surface area contributed by atoms with Crippen molar-refractivity contribution in [1.82, 2.24) is 5.43 Å². The molecular formula is C18H20ClN3O3. The Kier molecular flexibility index (Phi) is 6.65. The molecule has 132 valence electrons. The van der Waals surface area contributed by atoms with Gasteiger partial charge in [0.15, 0.2) is 0 Å². The van der Waals surface area contributed by atoms with Crippen LogP contribution in [0.4, 0.5) is 5.69 Å². The normalized spacial score (nSPS) is 11.0. The fourth-order valence-corrected chi connectivity index (χ4v) is 2.35. The molecule has 0 bridgehead atoms. The molecule has 7 heteroatoms. The van der Waals surface area contributed by atoms with Crippen LogP contribution in [0.25, 0.3) is 0 Å². The predicted molar refractivity (Wildman–Crippen MR) is 99.8 cm³/mol. The molecule has 0 aliphatic rings. The van der Waals surface area contributed by atoms with E-state index in [9.17, 15) is 4.79 Å². The lowest BCUT2D eigenvalue weighted by molar-refractivity contribution is -0.119. The Hall–Kier alpha value is -2.73. The van der Waals surface area contributed by atoms with Crippen LogP contribution in [-0.4, -0.2) is 32.4 Å². The number of nitrogens with zero attached hydrogens (tertiary/aromatic N) is 1. The van der Waals surface area contributed by atoms with Gasteiger partial charge < -0.3 is 14.8 Å². The van der Waals surface area contributed by atoms with Gasteiger partial charge in [0.05, 0.1) is 32.2 Å². The second-order valence-electron chi connectivity index (χ2n) is 5.13. The fraction of sp³-hybridized carbons (Fsp3) is 0.222. The van der Waals surface area contributed by atoms with Crippen LogP contribution < -0.4 is 20.2 Å². The molecule has 25 heavy (non-hydrogen) atoms. The maximum absolute atomic E-state index is 12.0. The summed E-state index contributed by atoms with van der Waals surface area (Å²) in [6.45, 7) is 1.83. The summed E-state index contributed by atoms with van der Waals surface area (Å²) < 4.78 is 10.5. The summed E-state index contributed by atoms with van der Waals surface area (Å²) in [5, 5.41) is 7.68. The van der Waals surface area contributed by atoms with Gasteiger partial charge >= 0.3 is 0 Å². The van der Waals surface area contributed by atoms with Crippen molar-refractivity contribution in [1.29, 1.82) is 0 Å². The molecule has 2 N–H and O–H groups in total. The Labute approximate surface area is 151 Å². The van der Waals surface area contributed by atoms with E-state index in [1.807, 2.05) is 24.3 Å². The first-order valence-electron chi connectivity index (χ1n) is 7.59. The number of carbonyl (C=O) groups is 1. The maximum atomic E-state index is 12.0. The molecule has 0 aliphatic heterocycles. The predicted octanol–water partition coefficient (Wildman–Crippen LogP) is 3.31. The number of amides is 1. The molecule has 0 radical (unpaired) electrons. The molecule has 0 saturated carbocycles. The number of rotatable bonds is 7. The summed E-state index contributed by atoms with van der Waals surface area (Å²) in [7, 11) is 3.14. The zero-order valence-corrected chi connectivity index (χ0v) is 15.1. The van der Waals surface area contributed by atoms with E-state index in [1.54, 1.807) is 39.3 Å². The number of para-hydroxylation sites is 2.